The van der Waals surface area contributed by atoms with E-state index in [1.807, 2.05) is 43.0 Å². The van der Waals surface area contributed by atoms with Gasteiger partial charge in [0.1, 0.15) is 12.4 Å². The van der Waals surface area contributed by atoms with E-state index < -0.39 is 0 Å². The minimum Gasteiger partial charge on any atom is -0.491 e. The van der Waals surface area contributed by atoms with Crippen molar-refractivity contribution in [1.82, 2.24) is 15.1 Å². The van der Waals surface area contributed by atoms with Gasteiger partial charge in [-0.2, -0.15) is 0 Å². The number of urea groups is 1. The van der Waals surface area contributed by atoms with Gasteiger partial charge in [-0.15, -0.1) is 0 Å². The van der Waals surface area contributed by atoms with Crippen LogP contribution in [0.1, 0.15) is 25.3 Å². The highest BCUT2D eigenvalue weighted by atomic mass is 16.5. The van der Waals surface area contributed by atoms with Crippen molar-refractivity contribution in [2.75, 3.05) is 26.2 Å². The predicted octanol–water partition coefficient (Wildman–Crippen LogP) is 1.78. The van der Waals surface area contributed by atoms with Crippen LogP contribution in [0.3, 0.4) is 0 Å². The molecule has 1 aromatic carbocycles. The molecular weight excluding hydrogens is 306 g/mol. The van der Waals surface area contributed by atoms with Gasteiger partial charge >= 0.3 is 6.03 Å². The maximum Gasteiger partial charge on any atom is 0.317 e. The number of carbonyl (C=O) groups is 2. The van der Waals surface area contributed by atoms with Gasteiger partial charge in [-0.25, -0.2) is 4.79 Å². The number of carbonyl (C=O) groups excluding carboxylic acids is 2. The van der Waals surface area contributed by atoms with Crippen molar-refractivity contribution in [3.05, 3.63) is 29.8 Å². The lowest BCUT2D eigenvalue weighted by molar-refractivity contribution is -0.132. The fraction of sp³-hybridized carbons (Fsp3) is 0.556. The van der Waals surface area contributed by atoms with Gasteiger partial charge in [-0.1, -0.05) is 12.1 Å². The molecule has 2 saturated heterocycles. The molecule has 6 nitrogen and oxygen atoms in total. The molecule has 3 rings (SSSR count). The highest BCUT2D eigenvalue weighted by Gasteiger charge is 2.38. The number of aryl methyl sites for hydroxylation is 1. The molecule has 0 aromatic heterocycles. The molecule has 1 atom stereocenters. The average molecular weight is 331 g/mol. The summed E-state index contributed by atoms with van der Waals surface area (Å²) in [5.41, 5.74) is 1.15. The Morgan fingerprint density at radius 2 is 2.21 bits per heavy atom. The molecule has 24 heavy (non-hydrogen) atoms. The van der Waals surface area contributed by atoms with Gasteiger partial charge in [0.2, 0.25) is 5.91 Å². The first-order valence-corrected chi connectivity index (χ1v) is 8.57. The van der Waals surface area contributed by atoms with Gasteiger partial charge in [0.15, 0.2) is 0 Å². The zero-order valence-electron chi connectivity index (χ0n) is 14.3. The molecule has 0 spiro atoms. The summed E-state index contributed by atoms with van der Waals surface area (Å²) in [6, 6.07) is 7.89. The number of hydrogen-bond donors (Lipinski definition) is 1. The number of ether oxygens (including phenoxy) is 1. The molecule has 1 N–H and O–H groups in total. The summed E-state index contributed by atoms with van der Waals surface area (Å²) in [4.78, 5) is 27.6. The first-order chi connectivity index (χ1) is 11.5. The summed E-state index contributed by atoms with van der Waals surface area (Å²) in [6.45, 7) is 6.46. The average Bonchev–Trinajstić information content (AvgIpc) is 2.90. The van der Waals surface area contributed by atoms with Gasteiger partial charge in [-0.05, 0) is 38.0 Å². The minimum absolute atomic E-state index is 0.0783. The van der Waals surface area contributed by atoms with Crippen molar-refractivity contribution < 1.29 is 14.3 Å². The SMILES string of the molecule is Cc1cccc(OCC(C)NC(=O)N2CC(N3CCCC3=O)C2)c1. The highest BCUT2D eigenvalue weighted by Crippen LogP contribution is 2.21. The lowest BCUT2D eigenvalue weighted by Gasteiger charge is -2.44. The van der Waals surface area contributed by atoms with Crippen LogP contribution >= 0.6 is 0 Å². The van der Waals surface area contributed by atoms with Crippen LogP contribution in [0, 0.1) is 6.92 Å². The van der Waals surface area contributed by atoms with Crippen molar-refractivity contribution in [2.45, 2.75) is 38.8 Å². The molecule has 3 amide bonds. The van der Waals surface area contributed by atoms with Crippen molar-refractivity contribution in [3.8, 4) is 5.75 Å². The lowest BCUT2D eigenvalue weighted by Crippen LogP contribution is -2.64. The van der Waals surface area contributed by atoms with E-state index in [1.165, 1.54) is 0 Å². The quantitative estimate of drug-likeness (QED) is 0.894. The first-order valence-electron chi connectivity index (χ1n) is 8.57. The standard InChI is InChI=1S/C18H25N3O3/c1-13-5-3-6-16(9-13)24-12-14(2)19-18(23)20-10-15(11-20)21-8-4-7-17(21)22/h3,5-6,9,14-15H,4,7-8,10-12H2,1-2H3,(H,19,23). The van der Waals surface area contributed by atoms with Gasteiger partial charge in [0.05, 0.1) is 12.1 Å². The fourth-order valence-corrected chi connectivity index (χ4v) is 3.14. The Bertz CT molecular complexity index is 613. The topological polar surface area (TPSA) is 61.9 Å². The number of likely N-dealkylation sites (tertiary alicyclic amines) is 2. The number of rotatable bonds is 5. The minimum atomic E-state index is -0.0850. The van der Waals surface area contributed by atoms with Gasteiger partial charge in [0.25, 0.3) is 0 Å². The van der Waals surface area contributed by atoms with E-state index in [9.17, 15) is 9.59 Å². The molecule has 2 aliphatic heterocycles. The third kappa shape index (κ3) is 3.80. The lowest BCUT2D eigenvalue weighted by atomic mass is 10.1. The molecular formula is C18H25N3O3. The van der Waals surface area contributed by atoms with Crippen molar-refractivity contribution in [2.24, 2.45) is 0 Å². The number of nitrogens with one attached hydrogen (secondary N) is 1. The monoisotopic (exact) mass is 331 g/mol. The van der Waals surface area contributed by atoms with E-state index in [1.54, 1.807) is 4.90 Å². The number of hydrogen-bond acceptors (Lipinski definition) is 3. The molecule has 2 aliphatic rings. The summed E-state index contributed by atoms with van der Waals surface area (Å²) in [5.74, 6) is 1.03. The van der Waals surface area contributed by atoms with E-state index in [0.717, 1.165) is 24.3 Å². The third-order valence-electron chi connectivity index (χ3n) is 4.56. The Balaban J connectivity index is 1.38. The Kier molecular flexibility index (Phi) is 4.92. The van der Waals surface area contributed by atoms with Crippen LogP contribution < -0.4 is 10.1 Å². The van der Waals surface area contributed by atoms with Gasteiger partial charge in [0, 0.05) is 26.1 Å². The van der Waals surface area contributed by atoms with Crippen molar-refractivity contribution >= 4 is 11.9 Å². The Labute approximate surface area is 142 Å². The molecule has 130 valence electrons. The molecule has 2 fully saturated rings. The predicted molar refractivity (Wildman–Crippen MR) is 91.0 cm³/mol. The van der Waals surface area contributed by atoms with Crippen LogP contribution in [-0.2, 0) is 4.79 Å². The van der Waals surface area contributed by atoms with E-state index in [4.69, 9.17) is 4.74 Å². The second kappa shape index (κ2) is 7.11. The second-order valence-corrected chi connectivity index (χ2v) is 6.73. The summed E-state index contributed by atoms with van der Waals surface area (Å²) in [5, 5.41) is 2.95. The number of nitrogens with zero attached hydrogens (tertiary/aromatic N) is 2. The van der Waals surface area contributed by atoms with Crippen LogP contribution in [0.25, 0.3) is 0 Å². The van der Waals surface area contributed by atoms with Crippen LogP contribution in [0.15, 0.2) is 24.3 Å². The Hall–Kier alpha value is -2.24. The largest absolute Gasteiger partial charge is 0.491 e. The Morgan fingerprint density at radius 3 is 2.88 bits per heavy atom. The molecule has 6 heteroatoms. The zero-order chi connectivity index (χ0) is 17.1. The molecule has 1 aromatic rings. The van der Waals surface area contributed by atoms with Crippen LogP contribution in [0.4, 0.5) is 4.79 Å². The molecule has 0 bridgehead atoms. The summed E-state index contributed by atoms with van der Waals surface area (Å²) >= 11 is 0. The van der Waals surface area contributed by atoms with Gasteiger partial charge < -0.3 is 19.9 Å². The first kappa shape index (κ1) is 16.6. The smallest absolute Gasteiger partial charge is 0.317 e. The van der Waals surface area contributed by atoms with Crippen molar-refractivity contribution in [3.63, 3.8) is 0 Å². The molecule has 0 aliphatic carbocycles. The maximum absolute atomic E-state index is 12.2. The molecule has 0 radical (unpaired) electrons. The summed E-state index contributed by atoms with van der Waals surface area (Å²) in [7, 11) is 0. The van der Waals surface area contributed by atoms with Crippen LogP contribution in [0.5, 0.6) is 5.75 Å². The molecule has 1 unspecified atom stereocenters. The zero-order valence-corrected chi connectivity index (χ0v) is 14.3. The maximum atomic E-state index is 12.2. The van der Waals surface area contributed by atoms with E-state index >= 15 is 0 Å². The van der Waals surface area contributed by atoms with E-state index in [-0.39, 0.29) is 24.0 Å². The molecule has 2 heterocycles. The summed E-state index contributed by atoms with van der Waals surface area (Å²) < 4.78 is 5.71. The van der Waals surface area contributed by atoms with E-state index in [0.29, 0.717) is 26.1 Å². The summed E-state index contributed by atoms with van der Waals surface area (Å²) in [6.07, 6.45) is 1.59. The Morgan fingerprint density at radius 1 is 1.42 bits per heavy atom. The highest BCUT2D eigenvalue weighted by molar-refractivity contribution is 5.80. The third-order valence-corrected chi connectivity index (χ3v) is 4.56. The second-order valence-electron chi connectivity index (χ2n) is 6.73. The van der Waals surface area contributed by atoms with Crippen LogP contribution in [-0.4, -0.2) is 60.1 Å². The van der Waals surface area contributed by atoms with Gasteiger partial charge in [-0.3, -0.25) is 4.79 Å². The van der Waals surface area contributed by atoms with Crippen molar-refractivity contribution in [1.29, 1.82) is 0 Å². The fourth-order valence-electron chi connectivity index (χ4n) is 3.14. The number of benzene rings is 1. The van der Waals surface area contributed by atoms with Crippen LogP contribution in [0.2, 0.25) is 0 Å². The van der Waals surface area contributed by atoms with E-state index in [2.05, 4.69) is 5.32 Å². The number of amides is 3. The molecule has 0 saturated carbocycles. The normalized spacial score (nSPS) is 19.2.